The third-order valence-electron chi connectivity index (χ3n) is 4.85. The van der Waals surface area contributed by atoms with Gasteiger partial charge in [0, 0.05) is 57.7 Å². The van der Waals surface area contributed by atoms with Crippen molar-refractivity contribution in [3.8, 4) is 0 Å². The summed E-state index contributed by atoms with van der Waals surface area (Å²) in [6.07, 6.45) is 4.52. The molecule has 1 aromatic heterocycles. The quantitative estimate of drug-likeness (QED) is 0.373. The number of nitrogens with one attached hydrogen (secondary N) is 1. The molecule has 1 fully saturated rings. The van der Waals surface area contributed by atoms with Crippen LogP contribution in [0.15, 0.2) is 4.99 Å². The molecule has 0 saturated carbocycles. The fraction of sp³-hybridized carbons (Fsp3) is 0.842. The van der Waals surface area contributed by atoms with Crippen LogP contribution in [0.3, 0.4) is 0 Å². The van der Waals surface area contributed by atoms with Crippen molar-refractivity contribution in [3.05, 3.63) is 5.82 Å². The van der Waals surface area contributed by atoms with Crippen LogP contribution in [0.4, 0.5) is 5.13 Å². The number of piperazine rings is 1. The molecule has 0 atom stereocenters. The first-order chi connectivity index (χ1) is 13.2. The molecule has 154 valence electrons. The zero-order valence-corrected chi connectivity index (χ0v) is 18.4. The van der Waals surface area contributed by atoms with Gasteiger partial charge < -0.3 is 20.0 Å². The molecule has 0 aliphatic carbocycles. The van der Waals surface area contributed by atoms with Crippen LogP contribution in [-0.2, 0) is 6.42 Å². The van der Waals surface area contributed by atoms with Gasteiger partial charge in [-0.2, -0.15) is 4.37 Å². The fourth-order valence-corrected chi connectivity index (χ4v) is 4.23. The van der Waals surface area contributed by atoms with Gasteiger partial charge in [-0.15, -0.1) is 0 Å². The maximum absolute atomic E-state index is 4.61. The average Bonchev–Trinajstić information content (AvgIpc) is 3.18. The number of nitrogens with zero attached hydrogens (tertiary/aromatic N) is 6. The SMILES string of the molecule is CCCN(CCC)CCCNC(=NC)N1CCN(c2nc(CC)ns2)CC1. The van der Waals surface area contributed by atoms with E-state index in [9.17, 15) is 0 Å². The normalized spacial score (nSPS) is 15.7. The van der Waals surface area contributed by atoms with E-state index in [0.29, 0.717) is 0 Å². The Morgan fingerprint density at radius 1 is 1.11 bits per heavy atom. The largest absolute Gasteiger partial charge is 0.356 e. The molecule has 0 bridgehead atoms. The standard InChI is InChI=1S/C19H37N7S/c1-5-10-24(11-6-2)12-8-9-21-18(20-4)25-13-15-26(16-14-25)19-22-17(7-3)23-27-19/h5-16H2,1-4H3,(H,20,21). The summed E-state index contributed by atoms with van der Waals surface area (Å²) in [4.78, 5) is 16.4. The Kier molecular flexibility index (Phi) is 9.83. The predicted octanol–water partition coefficient (Wildman–Crippen LogP) is 2.31. The second-order valence-electron chi connectivity index (χ2n) is 6.99. The molecule has 1 N–H and O–H groups in total. The highest BCUT2D eigenvalue weighted by molar-refractivity contribution is 7.09. The zero-order chi connectivity index (χ0) is 19.5. The minimum Gasteiger partial charge on any atom is -0.356 e. The molecule has 0 amide bonds. The number of guanidine groups is 1. The molecule has 1 aromatic rings. The molecule has 27 heavy (non-hydrogen) atoms. The van der Waals surface area contributed by atoms with Crippen LogP contribution in [0.2, 0.25) is 0 Å². The highest BCUT2D eigenvalue weighted by atomic mass is 32.1. The molecule has 2 rings (SSSR count). The molecule has 0 unspecified atom stereocenters. The summed E-state index contributed by atoms with van der Waals surface area (Å²) >= 11 is 1.52. The minimum absolute atomic E-state index is 0.904. The topological polar surface area (TPSA) is 59.9 Å². The summed E-state index contributed by atoms with van der Waals surface area (Å²) in [6.45, 7) is 15.1. The first-order valence-corrected chi connectivity index (χ1v) is 11.2. The van der Waals surface area contributed by atoms with Gasteiger partial charge in [0.15, 0.2) is 5.96 Å². The third kappa shape index (κ3) is 6.92. The summed E-state index contributed by atoms with van der Waals surface area (Å²) in [7, 11) is 1.88. The van der Waals surface area contributed by atoms with E-state index in [1.807, 2.05) is 7.05 Å². The third-order valence-corrected chi connectivity index (χ3v) is 5.66. The van der Waals surface area contributed by atoms with Gasteiger partial charge in [0.2, 0.25) is 5.13 Å². The van der Waals surface area contributed by atoms with E-state index in [1.165, 1.54) is 37.5 Å². The predicted molar refractivity (Wildman–Crippen MR) is 116 cm³/mol. The molecular weight excluding hydrogens is 358 g/mol. The molecule has 0 aromatic carbocycles. The van der Waals surface area contributed by atoms with Crippen LogP contribution in [0.1, 0.15) is 45.9 Å². The number of aliphatic imine (C=N–C) groups is 1. The second kappa shape index (κ2) is 12.1. The highest BCUT2D eigenvalue weighted by Gasteiger charge is 2.21. The molecule has 0 spiro atoms. The van der Waals surface area contributed by atoms with E-state index in [2.05, 4.69) is 55.1 Å². The van der Waals surface area contributed by atoms with Gasteiger partial charge in [-0.3, -0.25) is 4.99 Å². The maximum Gasteiger partial charge on any atom is 0.205 e. The number of aryl methyl sites for hydroxylation is 1. The number of rotatable bonds is 10. The fourth-order valence-electron chi connectivity index (χ4n) is 3.43. The van der Waals surface area contributed by atoms with Crippen molar-refractivity contribution in [2.75, 3.05) is 64.3 Å². The Balaban J connectivity index is 1.72. The van der Waals surface area contributed by atoms with E-state index < -0.39 is 0 Å². The van der Waals surface area contributed by atoms with E-state index >= 15 is 0 Å². The van der Waals surface area contributed by atoms with Crippen LogP contribution in [0.5, 0.6) is 0 Å². The van der Waals surface area contributed by atoms with Gasteiger partial charge in [-0.1, -0.05) is 20.8 Å². The van der Waals surface area contributed by atoms with Crippen LogP contribution < -0.4 is 10.2 Å². The Bertz CT molecular complexity index is 546. The maximum atomic E-state index is 4.61. The van der Waals surface area contributed by atoms with Gasteiger partial charge in [-0.05, 0) is 38.9 Å². The zero-order valence-electron chi connectivity index (χ0n) is 17.6. The van der Waals surface area contributed by atoms with E-state index in [-0.39, 0.29) is 0 Å². The highest BCUT2D eigenvalue weighted by Crippen LogP contribution is 2.19. The number of aromatic nitrogens is 2. The van der Waals surface area contributed by atoms with Crippen LogP contribution in [0, 0.1) is 0 Å². The molecule has 2 heterocycles. The van der Waals surface area contributed by atoms with Crippen molar-refractivity contribution in [1.29, 1.82) is 0 Å². The van der Waals surface area contributed by atoms with E-state index in [0.717, 1.165) is 69.0 Å². The summed E-state index contributed by atoms with van der Waals surface area (Å²) in [6, 6.07) is 0. The van der Waals surface area contributed by atoms with Crippen molar-refractivity contribution < 1.29 is 0 Å². The van der Waals surface area contributed by atoms with Crippen LogP contribution >= 0.6 is 11.5 Å². The Morgan fingerprint density at radius 2 is 1.81 bits per heavy atom. The minimum atomic E-state index is 0.904. The molecule has 1 aliphatic heterocycles. The monoisotopic (exact) mass is 395 g/mol. The van der Waals surface area contributed by atoms with Crippen LogP contribution in [-0.4, -0.2) is 84.5 Å². The lowest BCUT2D eigenvalue weighted by Crippen LogP contribution is -2.52. The van der Waals surface area contributed by atoms with Gasteiger partial charge >= 0.3 is 0 Å². The van der Waals surface area contributed by atoms with Gasteiger partial charge in [0.25, 0.3) is 0 Å². The lowest BCUT2D eigenvalue weighted by Gasteiger charge is -2.36. The van der Waals surface area contributed by atoms with Gasteiger partial charge in [0.05, 0.1) is 0 Å². The summed E-state index contributed by atoms with van der Waals surface area (Å²) in [5.41, 5.74) is 0. The first-order valence-electron chi connectivity index (χ1n) is 10.5. The molecule has 1 aliphatic rings. The van der Waals surface area contributed by atoms with Crippen molar-refractivity contribution in [1.82, 2.24) is 24.5 Å². The summed E-state index contributed by atoms with van der Waals surface area (Å²) in [5, 5.41) is 4.61. The Labute approximate surface area is 169 Å². The van der Waals surface area contributed by atoms with Crippen molar-refractivity contribution in [3.63, 3.8) is 0 Å². The average molecular weight is 396 g/mol. The summed E-state index contributed by atoms with van der Waals surface area (Å²) < 4.78 is 4.41. The van der Waals surface area contributed by atoms with E-state index in [1.54, 1.807) is 0 Å². The smallest absolute Gasteiger partial charge is 0.205 e. The molecule has 8 heteroatoms. The Morgan fingerprint density at radius 3 is 2.37 bits per heavy atom. The van der Waals surface area contributed by atoms with Crippen LogP contribution in [0.25, 0.3) is 0 Å². The lowest BCUT2D eigenvalue weighted by atomic mass is 10.3. The van der Waals surface area contributed by atoms with Gasteiger partial charge in [0.1, 0.15) is 5.82 Å². The van der Waals surface area contributed by atoms with E-state index in [4.69, 9.17) is 0 Å². The number of hydrogen-bond acceptors (Lipinski definition) is 6. The van der Waals surface area contributed by atoms with Crippen molar-refractivity contribution >= 4 is 22.6 Å². The molecule has 7 nitrogen and oxygen atoms in total. The summed E-state index contributed by atoms with van der Waals surface area (Å²) in [5.74, 6) is 1.98. The molecular formula is C19H37N7S. The van der Waals surface area contributed by atoms with Gasteiger partial charge in [-0.25, -0.2) is 4.98 Å². The lowest BCUT2D eigenvalue weighted by molar-refractivity contribution is 0.271. The molecule has 1 saturated heterocycles. The van der Waals surface area contributed by atoms with Crippen molar-refractivity contribution in [2.45, 2.75) is 46.5 Å². The molecule has 0 radical (unpaired) electrons. The number of anilines is 1. The second-order valence-corrected chi connectivity index (χ2v) is 7.72. The van der Waals surface area contributed by atoms with Crippen molar-refractivity contribution in [2.24, 2.45) is 4.99 Å². The Hall–Kier alpha value is -1.41. The first kappa shape index (κ1) is 21.9. The number of hydrogen-bond donors (Lipinski definition) is 1.